The highest BCUT2D eigenvalue weighted by molar-refractivity contribution is 9.10. The molecule has 0 aliphatic heterocycles. The van der Waals surface area contributed by atoms with Gasteiger partial charge in [0, 0.05) is 5.56 Å². The molecule has 142 valence electrons. The third-order valence-electron chi connectivity index (χ3n) is 3.84. The molecule has 0 fully saturated rings. The second-order valence-electron chi connectivity index (χ2n) is 5.90. The van der Waals surface area contributed by atoms with E-state index in [-0.39, 0.29) is 5.70 Å². The second kappa shape index (κ2) is 9.32. The lowest BCUT2D eigenvalue weighted by molar-refractivity contribution is -0.0116. The fourth-order valence-corrected chi connectivity index (χ4v) is 2.80. The van der Waals surface area contributed by atoms with Gasteiger partial charge in [-0.1, -0.05) is 42.5 Å². The largest absolute Gasteiger partial charge is 0.456 e. The van der Waals surface area contributed by atoms with E-state index >= 15 is 0 Å². The molecule has 3 aromatic rings. The van der Waals surface area contributed by atoms with Gasteiger partial charge in [0.25, 0.3) is 5.91 Å². The molecule has 3 rings (SSSR count). The summed E-state index contributed by atoms with van der Waals surface area (Å²) in [6.45, 7) is 0. The Morgan fingerprint density at radius 2 is 1.57 bits per heavy atom. The average Bonchev–Trinajstić information content (AvgIpc) is 2.71. The van der Waals surface area contributed by atoms with Crippen molar-refractivity contribution < 1.29 is 19.7 Å². The van der Waals surface area contributed by atoms with Crippen LogP contribution in [0.3, 0.4) is 0 Å². The lowest BCUT2D eigenvalue weighted by Gasteiger charge is -2.12. The molecule has 0 aromatic heterocycles. The molecule has 0 atom stereocenters. The van der Waals surface area contributed by atoms with Gasteiger partial charge < -0.3 is 20.3 Å². The minimum atomic E-state index is -1.82. The summed E-state index contributed by atoms with van der Waals surface area (Å²) in [7, 11) is 0. The Morgan fingerprint density at radius 3 is 2.21 bits per heavy atom. The highest BCUT2D eigenvalue weighted by Gasteiger charge is 2.12. The molecular weight excluding hydrogens is 422 g/mol. The van der Waals surface area contributed by atoms with Crippen molar-refractivity contribution in [2.45, 2.75) is 6.29 Å². The van der Waals surface area contributed by atoms with Crippen LogP contribution in [0.2, 0.25) is 0 Å². The number of aliphatic hydroxyl groups is 2. The highest BCUT2D eigenvalue weighted by Crippen LogP contribution is 2.29. The van der Waals surface area contributed by atoms with Gasteiger partial charge in [0.15, 0.2) is 6.29 Å². The zero-order chi connectivity index (χ0) is 19.9. The predicted molar refractivity (Wildman–Crippen MR) is 111 cm³/mol. The monoisotopic (exact) mass is 439 g/mol. The van der Waals surface area contributed by atoms with E-state index in [1.54, 1.807) is 54.6 Å². The van der Waals surface area contributed by atoms with Gasteiger partial charge in [-0.25, -0.2) is 0 Å². The summed E-state index contributed by atoms with van der Waals surface area (Å²) in [5.74, 6) is 0.893. The first-order chi connectivity index (χ1) is 13.5. The molecule has 0 aliphatic carbocycles. The van der Waals surface area contributed by atoms with Crippen LogP contribution in [0.5, 0.6) is 11.5 Å². The number of rotatable bonds is 6. The zero-order valence-electron chi connectivity index (χ0n) is 14.7. The van der Waals surface area contributed by atoms with Crippen LogP contribution in [0.15, 0.2) is 89.0 Å². The van der Waals surface area contributed by atoms with E-state index in [4.69, 9.17) is 4.74 Å². The lowest BCUT2D eigenvalue weighted by atomic mass is 10.1. The van der Waals surface area contributed by atoms with E-state index in [0.717, 1.165) is 4.47 Å². The van der Waals surface area contributed by atoms with E-state index in [1.165, 1.54) is 6.08 Å². The number of hydrogen-bond donors (Lipinski definition) is 3. The van der Waals surface area contributed by atoms with E-state index < -0.39 is 12.2 Å². The summed E-state index contributed by atoms with van der Waals surface area (Å²) < 4.78 is 6.64. The van der Waals surface area contributed by atoms with Gasteiger partial charge in [-0.3, -0.25) is 4.79 Å². The number of hydrogen-bond acceptors (Lipinski definition) is 4. The topological polar surface area (TPSA) is 78.8 Å². The van der Waals surface area contributed by atoms with Crippen LogP contribution in [0.25, 0.3) is 6.08 Å². The van der Waals surface area contributed by atoms with Crippen molar-refractivity contribution in [3.63, 3.8) is 0 Å². The normalized spacial score (nSPS) is 11.4. The van der Waals surface area contributed by atoms with E-state index in [0.29, 0.717) is 22.6 Å². The fourth-order valence-electron chi connectivity index (χ4n) is 2.43. The Kier molecular flexibility index (Phi) is 6.60. The molecule has 1 amide bonds. The molecule has 3 aromatic carbocycles. The van der Waals surface area contributed by atoms with Gasteiger partial charge in [0.1, 0.15) is 11.5 Å². The summed E-state index contributed by atoms with van der Waals surface area (Å²) in [6, 6.07) is 23.1. The lowest BCUT2D eigenvalue weighted by Crippen LogP contribution is -2.29. The Morgan fingerprint density at radius 1 is 0.929 bits per heavy atom. The standard InChI is InChI=1S/C22H18BrNO4/c23-18-8-4-5-9-20(18)28-17-12-10-15(11-13-17)14-19(22(26)27)24-21(25)16-6-2-1-3-7-16/h1-14,22,26-27H,(H,24,25)/b19-14-. The summed E-state index contributed by atoms with van der Waals surface area (Å²) in [4.78, 5) is 12.2. The van der Waals surface area contributed by atoms with Gasteiger partial charge in [-0.15, -0.1) is 0 Å². The van der Waals surface area contributed by atoms with Gasteiger partial charge in [0.05, 0.1) is 10.2 Å². The maximum absolute atomic E-state index is 12.2. The number of halogens is 1. The number of amides is 1. The number of carbonyl (C=O) groups excluding carboxylic acids is 1. The predicted octanol–water partition coefficient (Wildman–Crippen LogP) is 4.32. The number of para-hydroxylation sites is 1. The summed E-state index contributed by atoms with van der Waals surface area (Å²) >= 11 is 3.43. The summed E-state index contributed by atoms with van der Waals surface area (Å²) in [5, 5.41) is 21.7. The molecule has 5 nitrogen and oxygen atoms in total. The van der Waals surface area contributed by atoms with Crippen LogP contribution in [-0.4, -0.2) is 22.4 Å². The molecule has 0 spiro atoms. The smallest absolute Gasteiger partial charge is 0.255 e. The fraction of sp³-hybridized carbons (Fsp3) is 0.0455. The van der Waals surface area contributed by atoms with Crippen molar-refractivity contribution >= 4 is 27.9 Å². The van der Waals surface area contributed by atoms with Crippen LogP contribution in [0, 0.1) is 0 Å². The van der Waals surface area contributed by atoms with Crippen molar-refractivity contribution in [1.82, 2.24) is 5.32 Å². The molecule has 0 aliphatic rings. The third kappa shape index (κ3) is 5.29. The van der Waals surface area contributed by atoms with Crippen LogP contribution in [-0.2, 0) is 0 Å². The van der Waals surface area contributed by atoms with Crippen molar-refractivity contribution in [3.8, 4) is 11.5 Å². The average molecular weight is 440 g/mol. The summed E-state index contributed by atoms with van der Waals surface area (Å²) in [6.07, 6.45) is -0.322. The molecule has 28 heavy (non-hydrogen) atoms. The molecule has 0 unspecified atom stereocenters. The third-order valence-corrected chi connectivity index (χ3v) is 4.49. The van der Waals surface area contributed by atoms with Crippen LogP contribution in [0.1, 0.15) is 15.9 Å². The zero-order valence-corrected chi connectivity index (χ0v) is 16.3. The SMILES string of the molecule is O=C(N/C(=C\c1ccc(Oc2ccccc2Br)cc1)C(O)O)c1ccccc1. The highest BCUT2D eigenvalue weighted by atomic mass is 79.9. The molecule has 0 saturated heterocycles. The van der Waals surface area contributed by atoms with Gasteiger partial charge in [-0.2, -0.15) is 0 Å². The number of benzene rings is 3. The quantitative estimate of drug-likeness (QED) is 0.499. The Hall–Kier alpha value is -2.93. The van der Waals surface area contributed by atoms with Gasteiger partial charge in [-0.05, 0) is 64.0 Å². The molecule has 0 saturated carbocycles. The van der Waals surface area contributed by atoms with Crippen LogP contribution < -0.4 is 10.1 Å². The second-order valence-corrected chi connectivity index (χ2v) is 6.75. The van der Waals surface area contributed by atoms with Crippen molar-refractivity contribution in [1.29, 1.82) is 0 Å². The Labute approximate surface area is 171 Å². The molecule has 0 bridgehead atoms. The van der Waals surface area contributed by atoms with Crippen LogP contribution in [0.4, 0.5) is 0 Å². The number of nitrogens with one attached hydrogen (secondary N) is 1. The van der Waals surface area contributed by atoms with Crippen molar-refractivity contribution in [3.05, 3.63) is 100 Å². The minimum absolute atomic E-state index is 0.0201. The van der Waals surface area contributed by atoms with Gasteiger partial charge >= 0.3 is 0 Å². The van der Waals surface area contributed by atoms with Crippen molar-refractivity contribution in [2.24, 2.45) is 0 Å². The number of carbonyl (C=O) groups is 1. The Balaban J connectivity index is 1.74. The van der Waals surface area contributed by atoms with E-state index in [9.17, 15) is 15.0 Å². The molecule has 0 heterocycles. The number of ether oxygens (including phenoxy) is 1. The Bertz CT molecular complexity index is 969. The van der Waals surface area contributed by atoms with Crippen molar-refractivity contribution in [2.75, 3.05) is 0 Å². The van der Waals surface area contributed by atoms with E-state index in [1.807, 2.05) is 24.3 Å². The summed E-state index contributed by atoms with van der Waals surface area (Å²) in [5.41, 5.74) is 1.08. The molecular formula is C22H18BrNO4. The first-order valence-corrected chi connectivity index (χ1v) is 9.29. The molecule has 6 heteroatoms. The molecule has 3 N–H and O–H groups in total. The van der Waals surface area contributed by atoms with E-state index in [2.05, 4.69) is 21.2 Å². The maximum Gasteiger partial charge on any atom is 0.255 e. The maximum atomic E-state index is 12.2. The van der Waals surface area contributed by atoms with Crippen LogP contribution >= 0.6 is 15.9 Å². The number of aliphatic hydroxyl groups excluding tert-OH is 1. The first-order valence-electron chi connectivity index (χ1n) is 8.49. The van der Waals surface area contributed by atoms with Gasteiger partial charge in [0.2, 0.25) is 0 Å². The minimum Gasteiger partial charge on any atom is -0.456 e. The first kappa shape index (κ1) is 19.8. The molecule has 0 radical (unpaired) electrons.